The van der Waals surface area contributed by atoms with E-state index in [-0.39, 0.29) is 29.0 Å². The largest absolute Gasteiger partial charge is 0.376 e. The minimum absolute atomic E-state index is 0.00227. The van der Waals surface area contributed by atoms with Gasteiger partial charge in [0.15, 0.2) is 0 Å². The molecular weight excluding hydrogens is 460 g/mol. The van der Waals surface area contributed by atoms with E-state index in [0.29, 0.717) is 23.9 Å². The first-order valence-corrected chi connectivity index (χ1v) is 12.6. The number of benzene rings is 3. The molecule has 6 nitrogen and oxygen atoms in total. The molecule has 1 aliphatic heterocycles. The molecular formula is C25H25ClN2O4S. The Morgan fingerprint density at radius 2 is 1.79 bits per heavy atom. The average molecular weight is 485 g/mol. The van der Waals surface area contributed by atoms with Crippen molar-refractivity contribution in [2.45, 2.75) is 30.4 Å². The van der Waals surface area contributed by atoms with Crippen molar-refractivity contribution in [1.82, 2.24) is 5.32 Å². The van der Waals surface area contributed by atoms with Gasteiger partial charge in [0.2, 0.25) is 0 Å². The summed E-state index contributed by atoms with van der Waals surface area (Å²) < 4.78 is 34.3. The van der Waals surface area contributed by atoms with Crippen LogP contribution in [0.15, 0.2) is 83.8 Å². The third-order valence-electron chi connectivity index (χ3n) is 5.49. The fourth-order valence-corrected chi connectivity index (χ4v) is 5.55. The lowest BCUT2D eigenvalue weighted by Gasteiger charge is -2.26. The molecule has 0 bridgehead atoms. The van der Waals surface area contributed by atoms with E-state index in [2.05, 4.69) is 5.32 Å². The minimum atomic E-state index is -4.02. The predicted octanol–water partition coefficient (Wildman–Crippen LogP) is 4.64. The number of para-hydroxylation sites is 1. The summed E-state index contributed by atoms with van der Waals surface area (Å²) in [5, 5.41) is 3.16. The molecule has 33 heavy (non-hydrogen) atoms. The van der Waals surface area contributed by atoms with Crippen molar-refractivity contribution in [3.8, 4) is 0 Å². The molecule has 1 N–H and O–H groups in total. The average Bonchev–Trinajstić information content (AvgIpc) is 3.36. The second-order valence-corrected chi connectivity index (χ2v) is 10.1. The van der Waals surface area contributed by atoms with Crippen LogP contribution in [-0.4, -0.2) is 33.6 Å². The molecule has 1 unspecified atom stereocenters. The van der Waals surface area contributed by atoms with Crippen molar-refractivity contribution in [3.05, 3.63) is 95.0 Å². The van der Waals surface area contributed by atoms with Crippen LogP contribution < -0.4 is 9.62 Å². The van der Waals surface area contributed by atoms with E-state index in [1.54, 1.807) is 36.4 Å². The fraction of sp³-hybridized carbons (Fsp3) is 0.240. The number of carbonyl (C=O) groups is 1. The lowest BCUT2D eigenvalue weighted by molar-refractivity contribution is 0.0857. The summed E-state index contributed by atoms with van der Waals surface area (Å²) in [6, 6.07) is 22.1. The van der Waals surface area contributed by atoms with Crippen LogP contribution in [0, 0.1) is 0 Å². The van der Waals surface area contributed by atoms with Crippen LogP contribution in [-0.2, 0) is 21.3 Å². The molecule has 0 saturated carbocycles. The number of nitrogens with one attached hydrogen (secondary N) is 1. The molecule has 3 aromatic carbocycles. The van der Waals surface area contributed by atoms with Crippen LogP contribution in [0.5, 0.6) is 0 Å². The molecule has 0 spiro atoms. The highest BCUT2D eigenvalue weighted by Crippen LogP contribution is 2.32. The minimum Gasteiger partial charge on any atom is -0.376 e. The van der Waals surface area contributed by atoms with Crippen LogP contribution in [0.3, 0.4) is 0 Å². The van der Waals surface area contributed by atoms with Crippen LogP contribution in [0.4, 0.5) is 5.69 Å². The number of nitrogens with zero attached hydrogens (tertiary/aromatic N) is 1. The Hall–Kier alpha value is -2.87. The molecule has 4 rings (SSSR count). The number of ether oxygens (including phenoxy) is 1. The number of rotatable bonds is 8. The van der Waals surface area contributed by atoms with Gasteiger partial charge in [0.05, 0.1) is 28.3 Å². The number of hydrogen-bond acceptors (Lipinski definition) is 4. The van der Waals surface area contributed by atoms with Gasteiger partial charge in [-0.25, -0.2) is 8.42 Å². The molecule has 1 fully saturated rings. The lowest BCUT2D eigenvalue weighted by Crippen LogP contribution is -2.33. The van der Waals surface area contributed by atoms with E-state index in [4.69, 9.17) is 16.3 Å². The van der Waals surface area contributed by atoms with Crippen molar-refractivity contribution < 1.29 is 17.9 Å². The third-order valence-corrected chi connectivity index (χ3v) is 7.56. The summed E-state index contributed by atoms with van der Waals surface area (Å²) >= 11 is 6.38. The number of carbonyl (C=O) groups excluding carboxylic acids is 1. The van der Waals surface area contributed by atoms with Gasteiger partial charge in [-0.15, -0.1) is 0 Å². The molecule has 0 aliphatic carbocycles. The maximum Gasteiger partial charge on any atom is 0.264 e. The maximum atomic E-state index is 13.7. The van der Waals surface area contributed by atoms with Crippen LogP contribution in [0.1, 0.15) is 28.8 Å². The van der Waals surface area contributed by atoms with Gasteiger partial charge in [0.1, 0.15) is 0 Å². The zero-order valence-corrected chi connectivity index (χ0v) is 19.6. The van der Waals surface area contributed by atoms with E-state index >= 15 is 0 Å². The van der Waals surface area contributed by atoms with E-state index in [9.17, 15) is 13.2 Å². The van der Waals surface area contributed by atoms with Crippen molar-refractivity contribution in [2.24, 2.45) is 0 Å². The van der Waals surface area contributed by atoms with Crippen molar-refractivity contribution in [1.29, 1.82) is 0 Å². The molecule has 8 heteroatoms. The zero-order valence-electron chi connectivity index (χ0n) is 18.0. The first kappa shape index (κ1) is 23.3. The number of amides is 1. The topological polar surface area (TPSA) is 75.7 Å². The number of sulfonamides is 1. The summed E-state index contributed by atoms with van der Waals surface area (Å²) in [7, 11) is -4.02. The Kier molecular flexibility index (Phi) is 7.33. The highest BCUT2D eigenvalue weighted by Gasteiger charge is 2.27. The number of anilines is 1. The number of halogens is 1. The van der Waals surface area contributed by atoms with Gasteiger partial charge in [0.25, 0.3) is 15.9 Å². The van der Waals surface area contributed by atoms with Crippen LogP contribution in [0.25, 0.3) is 0 Å². The van der Waals surface area contributed by atoms with Crippen molar-refractivity contribution >= 4 is 33.2 Å². The molecule has 1 atom stereocenters. The summed E-state index contributed by atoms with van der Waals surface area (Å²) in [6.45, 7) is 1.20. The van der Waals surface area contributed by atoms with Crippen LogP contribution in [0.2, 0.25) is 5.02 Å². The molecule has 3 aromatic rings. The van der Waals surface area contributed by atoms with E-state index in [1.807, 2.05) is 30.3 Å². The van der Waals surface area contributed by atoms with Gasteiger partial charge < -0.3 is 10.1 Å². The highest BCUT2D eigenvalue weighted by atomic mass is 35.5. The molecule has 1 heterocycles. The Labute approximate surface area is 199 Å². The smallest absolute Gasteiger partial charge is 0.264 e. The standard InChI is InChI=1S/C25H25ClN2O4S/c26-23-13-4-5-14-24(23)28(18-19-8-2-1-3-9-19)33(30,31)22-12-6-10-20(16-22)25(29)27-17-21-11-7-15-32-21/h1-6,8-10,12-14,16,21H,7,11,15,17-18H2,(H,27,29). The van der Waals surface area contributed by atoms with Gasteiger partial charge in [-0.05, 0) is 48.7 Å². The third kappa shape index (κ3) is 5.55. The maximum absolute atomic E-state index is 13.7. The fourth-order valence-electron chi connectivity index (χ4n) is 3.74. The van der Waals surface area contributed by atoms with Gasteiger partial charge >= 0.3 is 0 Å². The van der Waals surface area contributed by atoms with Crippen molar-refractivity contribution in [3.63, 3.8) is 0 Å². The Balaban J connectivity index is 1.64. The molecule has 172 valence electrons. The molecule has 1 saturated heterocycles. The molecule has 1 aliphatic rings. The van der Waals surface area contributed by atoms with Crippen LogP contribution >= 0.6 is 11.6 Å². The molecule has 1 amide bonds. The Morgan fingerprint density at radius 3 is 2.52 bits per heavy atom. The van der Waals surface area contributed by atoms with Gasteiger partial charge in [-0.2, -0.15) is 0 Å². The summed E-state index contributed by atoms with van der Waals surface area (Å²) in [6.07, 6.45) is 1.89. The summed E-state index contributed by atoms with van der Waals surface area (Å²) in [4.78, 5) is 12.7. The summed E-state index contributed by atoms with van der Waals surface area (Å²) in [5.41, 5.74) is 1.45. The highest BCUT2D eigenvalue weighted by molar-refractivity contribution is 7.92. The quantitative estimate of drug-likeness (QED) is 0.505. The first-order chi connectivity index (χ1) is 15.9. The first-order valence-electron chi connectivity index (χ1n) is 10.8. The SMILES string of the molecule is O=C(NCC1CCCO1)c1cccc(S(=O)(=O)N(Cc2ccccc2)c2ccccc2Cl)c1. The van der Waals surface area contributed by atoms with E-state index in [1.165, 1.54) is 16.4 Å². The van der Waals surface area contributed by atoms with E-state index < -0.39 is 10.0 Å². The van der Waals surface area contributed by atoms with E-state index in [0.717, 1.165) is 18.4 Å². The number of hydrogen-bond donors (Lipinski definition) is 1. The summed E-state index contributed by atoms with van der Waals surface area (Å²) in [5.74, 6) is -0.338. The lowest BCUT2D eigenvalue weighted by atomic mass is 10.2. The monoisotopic (exact) mass is 484 g/mol. The van der Waals surface area contributed by atoms with Crippen molar-refractivity contribution in [2.75, 3.05) is 17.5 Å². The normalized spacial score (nSPS) is 15.8. The zero-order chi connectivity index (χ0) is 23.3. The van der Waals surface area contributed by atoms with Gasteiger partial charge in [0, 0.05) is 18.7 Å². The molecule has 0 radical (unpaired) electrons. The second kappa shape index (κ2) is 10.4. The van der Waals surface area contributed by atoms with Gasteiger partial charge in [-0.3, -0.25) is 9.10 Å². The predicted molar refractivity (Wildman–Crippen MR) is 129 cm³/mol. The molecule has 0 aromatic heterocycles. The van der Waals surface area contributed by atoms with Gasteiger partial charge in [-0.1, -0.05) is 60.1 Å². The second-order valence-electron chi connectivity index (χ2n) is 7.82. The Morgan fingerprint density at radius 1 is 1.03 bits per heavy atom. The Bertz CT molecular complexity index is 1210.